The van der Waals surface area contributed by atoms with E-state index in [4.69, 9.17) is 16.3 Å². The first kappa shape index (κ1) is 17.4. The van der Waals surface area contributed by atoms with E-state index in [0.29, 0.717) is 6.54 Å². The highest BCUT2D eigenvalue weighted by molar-refractivity contribution is 7.91. The quantitative estimate of drug-likeness (QED) is 0.673. The Hall–Kier alpha value is -0.620. The first-order valence-electron chi connectivity index (χ1n) is 6.83. The molecule has 0 heterocycles. The standard InChI is InChI=1S/C14H22ClNO3S/c1-2-19-11-6-5-9-16-10-12-20(17,18)14-8-4-3-7-13(14)15/h3-4,7-8,16H,2,5-6,9-12H2,1H3. The Morgan fingerprint density at radius 3 is 2.65 bits per heavy atom. The number of hydrogen-bond donors (Lipinski definition) is 1. The van der Waals surface area contributed by atoms with Gasteiger partial charge in [0, 0.05) is 19.8 Å². The zero-order valence-electron chi connectivity index (χ0n) is 11.8. The van der Waals surface area contributed by atoms with Gasteiger partial charge >= 0.3 is 0 Å². The number of halogens is 1. The molecule has 4 nitrogen and oxygen atoms in total. The second-order valence-corrected chi connectivity index (χ2v) is 6.89. The molecule has 1 N–H and O–H groups in total. The van der Waals surface area contributed by atoms with Gasteiger partial charge < -0.3 is 10.1 Å². The maximum Gasteiger partial charge on any atom is 0.181 e. The molecule has 0 spiro atoms. The van der Waals surface area contributed by atoms with Gasteiger partial charge in [0.05, 0.1) is 15.7 Å². The van der Waals surface area contributed by atoms with E-state index in [1.165, 1.54) is 0 Å². The second kappa shape index (κ2) is 9.34. The average Bonchev–Trinajstić information content (AvgIpc) is 2.42. The van der Waals surface area contributed by atoms with E-state index >= 15 is 0 Å². The monoisotopic (exact) mass is 319 g/mol. The maximum absolute atomic E-state index is 12.1. The zero-order chi connectivity index (χ0) is 14.8. The van der Waals surface area contributed by atoms with Crippen LogP contribution in [0, 0.1) is 0 Å². The third-order valence-electron chi connectivity index (χ3n) is 2.82. The summed E-state index contributed by atoms with van der Waals surface area (Å²) >= 11 is 5.91. The third-order valence-corrected chi connectivity index (χ3v) is 5.02. The molecule has 6 heteroatoms. The molecule has 0 atom stereocenters. The van der Waals surface area contributed by atoms with Crippen LogP contribution in [-0.4, -0.2) is 40.5 Å². The Labute approximate surface area is 126 Å². The molecule has 0 aliphatic rings. The molecular formula is C14H22ClNO3S. The van der Waals surface area contributed by atoms with Crippen LogP contribution in [0.15, 0.2) is 29.2 Å². The molecule has 1 rings (SSSR count). The average molecular weight is 320 g/mol. The summed E-state index contributed by atoms with van der Waals surface area (Å²) in [6.07, 6.45) is 1.96. The molecule has 20 heavy (non-hydrogen) atoms. The van der Waals surface area contributed by atoms with Crippen LogP contribution >= 0.6 is 11.6 Å². The lowest BCUT2D eigenvalue weighted by atomic mass is 10.3. The first-order valence-corrected chi connectivity index (χ1v) is 8.86. The van der Waals surface area contributed by atoms with Gasteiger partial charge in [-0.25, -0.2) is 8.42 Å². The number of ether oxygens (including phenoxy) is 1. The Kier molecular flexibility index (Phi) is 8.14. The molecule has 0 saturated heterocycles. The fourth-order valence-corrected chi connectivity index (χ4v) is 3.51. The Morgan fingerprint density at radius 1 is 1.20 bits per heavy atom. The molecular weight excluding hydrogens is 298 g/mol. The van der Waals surface area contributed by atoms with Crippen molar-refractivity contribution in [2.45, 2.75) is 24.7 Å². The molecule has 0 saturated carbocycles. The van der Waals surface area contributed by atoms with Gasteiger partial charge in [-0.05, 0) is 38.4 Å². The molecule has 0 fully saturated rings. The van der Waals surface area contributed by atoms with Crippen LogP contribution in [0.4, 0.5) is 0 Å². The summed E-state index contributed by atoms with van der Waals surface area (Å²) in [5.41, 5.74) is 0. The summed E-state index contributed by atoms with van der Waals surface area (Å²) in [6.45, 7) is 4.70. The predicted octanol–water partition coefficient (Wildman–Crippen LogP) is 2.52. The van der Waals surface area contributed by atoms with Crippen molar-refractivity contribution in [2.75, 3.05) is 32.1 Å². The van der Waals surface area contributed by atoms with Gasteiger partial charge in [0.25, 0.3) is 0 Å². The van der Waals surface area contributed by atoms with Gasteiger partial charge in [-0.3, -0.25) is 0 Å². The molecule has 0 unspecified atom stereocenters. The van der Waals surface area contributed by atoms with Crippen molar-refractivity contribution in [1.82, 2.24) is 5.32 Å². The topological polar surface area (TPSA) is 55.4 Å². The number of rotatable bonds is 10. The van der Waals surface area contributed by atoms with Crippen molar-refractivity contribution in [3.63, 3.8) is 0 Å². The molecule has 1 aromatic rings. The molecule has 0 aromatic heterocycles. The van der Waals surface area contributed by atoms with E-state index in [2.05, 4.69) is 5.32 Å². The Balaban J connectivity index is 2.26. The summed E-state index contributed by atoms with van der Waals surface area (Å²) in [7, 11) is -3.31. The fraction of sp³-hybridized carbons (Fsp3) is 0.571. The zero-order valence-corrected chi connectivity index (χ0v) is 13.3. The Morgan fingerprint density at radius 2 is 1.95 bits per heavy atom. The van der Waals surface area contributed by atoms with Crippen LogP contribution in [0.5, 0.6) is 0 Å². The molecule has 0 aliphatic carbocycles. The van der Waals surface area contributed by atoms with E-state index in [1.54, 1.807) is 24.3 Å². The number of hydrogen-bond acceptors (Lipinski definition) is 4. The number of nitrogens with one attached hydrogen (secondary N) is 1. The van der Waals surface area contributed by atoms with Gasteiger partial charge in [-0.1, -0.05) is 23.7 Å². The van der Waals surface area contributed by atoms with Gasteiger partial charge in [0.15, 0.2) is 9.84 Å². The van der Waals surface area contributed by atoms with Crippen molar-refractivity contribution in [3.05, 3.63) is 29.3 Å². The van der Waals surface area contributed by atoms with Crippen LogP contribution in [0.25, 0.3) is 0 Å². The van der Waals surface area contributed by atoms with E-state index in [1.807, 2.05) is 6.92 Å². The largest absolute Gasteiger partial charge is 0.382 e. The predicted molar refractivity (Wildman–Crippen MR) is 82.1 cm³/mol. The summed E-state index contributed by atoms with van der Waals surface area (Å²) in [5, 5.41) is 3.41. The number of benzene rings is 1. The molecule has 0 amide bonds. The molecule has 114 valence electrons. The third kappa shape index (κ3) is 6.22. The summed E-state index contributed by atoms with van der Waals surface area (Å²) < 4.78 is 29.4. The van der Waals surface area contributed by atoms with Crippen molar-refractivity contribution in [2.24, 2.45) is 0 Å². The first-order chi connectivity index (χ1) is 9.58. The highest BCUT2D eigenvalue weighted by atomic mass is 35.5. The number of sulfone groups is 1. The van der Waals surface area contributed by atoms with E-state index in [-0.39, 0.29) is 15.7 Å². The van der Waals surface area contributed by atoms with Gasteiger partial charge in [0.2, 0.25) is 0 Å². The van der Waals surface area contributed by atoms with E-state index < -0.39 is 9.84 Å². The van der Waals surface area contributed by atoms with Crippen molar-refractivity contribution in [1.29, 1.82) is 0 Å². The highest BCUT2D eigenvalue weighted by Crippen LogP contribution is 2.21. The lowest BCUT2D eigenvalue weighted by Gasteiger charge is -2.07. The van der Waals surface area contributed by atoms with Crippen LogP contribution in [-0.2, 0) is 14.6 Å². The second-order valence-electron chi connectivity index (χ2n) is 4.40. The molecule has 1 aromatic carbocycles. The minimum atomic E-state index is -3.31. The van der Waals surface area contributed by atoms with E-state index in [9.17, 15) is 8.42 Å². The molecule has 0 bridgehead atoms. The summed E-state index contributed by atoms with van der Waals surface area (Å²) in [5.74, 6) is 0.0577. The SMILES string of the molecule is CCOCCCCNCCS(=O)(=O)c1ccccc1Cl. The van der Waals surface area contributed by atoms with Gasteiger partial charge in [-0.2, -0.15) is 0 Å². The Bertz CT molecular complexity index is 491. The molecule has 0 radical (unpaired) electrons. The van der Waals surface area contributed by atoms with Crippen LogP contribution in [0.1, 0.15) is 19.8 Å². The lowest BCUT2D eigenvalue weighted by molar-refractivity contribution is 0.143. The summed E-state index contributed by atoms with van der Waals surface area (Å²) in [4.78, 5) is 0.208. The van der Waals surface area contributed by atoms with Gasteiger partial charge in [-0.15, -0.1) is 0 Å². The smallest absolute Gasteiger partial charge is 0.181 e. The normalized spacial score (nSPS) is 11.7. The van der Waals surface area contributed by atoms with Crippen LogP contribution < -0.4 is 5.32 Å². The van der Waals surface area contributed by atoms with Crippen molar-refractivity contribution >= 4 is 21.4 Å². The maximum atomic E-state index is 12.1. The minimum Gasteiger partial charge on any atom is -0.382 e. The van der Waals surface area contributed by atoms with Crippen molar-refractivity contribution < 1.29 is 13.2 Å². The highest BCUT2D eigenvalue weighted by Gasteiger charge is 2.16. The summed E-state index contributed by atoms with van der Waals surface area (Å²) in [6, 6.07) is 6.53. The lowest BCUT2D eigenvalue weighted by Crippen LogP contribution is -2.24. The van der Waals surface area contributed by atoms with E-state index in [0.717, 1.165) is 32.6 Å². The minimum absolute atomic E-state index is 0.0577. The fourth-order valence-electron chi connectivity index (χ4n) is 1.74. The number of unbranched alkanes of at least 4 members (excludes halogenated alkanes) is 1. The van der Waals surface area contributed by atoms with Crippen molar-refractivity contribution in [3.8, 4) is 0 Å². The van der Waals surface area contributed by atoms with Gasteiger partial charge in [0.1, 0.15) is 0 Å². The molecule has 0 aliphatic heterocycles. The van der Waals surface area contributed by atoms with Crippen LogP contribution in [0.3, 0.4) is 0 Å². The van der Waals surface area contributed by atoms with Crippen LogP contribution in [0.2, 0.25) is 5.02 Å².